The van der Waals surface area contributed by atoms with Crippen LogP contribution in [0.15, 0.2) is 40.7 Å². The SMILES string of the molecule is C=CC(=NC)Nc1nc(C(F)F)[nH]c1CNc1ccc(C2CCC(C)(C)CC2)cc1SC.O=CC1CC1. The van der Waals surface area contributed by atoms with E-state index in [2.05, 4.69) is 70.5 Å². The van der Waals surface area contributed by atoms with Crippen LogP contribution in [0.4, 0.5) is 20.3 Å². The molecule has 6 nitrogen and oxygen atoms in total. The van der Waals surface area contributed by atoms with Gasteiger partial charge in [0, 0.05) is 23.5 Å². The Labute approximate surface area is 223 Å². The number of hydrogen-bond donors (Lipinski definition) is 3. The van der Waals surface area contributed by atoms with E-state index in [1.165, 1.54) is 37.3 Å². The lowest BCUT2D eigenvalue weighted by Crippen LogP contribution is -2.20. The van der Waals surface area contributed by atoms with Gasteiger partial charge in [0.05, 0.1) is 12.2 Å². The fraction of sp³-hybridized carbons (Fsp3) is 0.536. The van der Waals surface area contributed by atoms with Crippen molar-refractivity contribution in [3.63, 3.8) is 0 Å². The van der Waals surface area contributed by atoms with Gasteiger partial charge in [-0.25, -0.2) is 13.8 Å². The zero-order valence-electron chi connectivity index (χ0n) is 22.2. The summed E-state index contributed by atoms with van der Waals surface area (Å²) in [6, 6.07) is 6.56. The molecule has 1 heterocycles. The molecule has 3 N–H and O–H groups in total. The molecule has 37 heavy (non-hydrogen) atoms. The molecule has 2 fully saturated rings. The largest absolute Gasteiger partial charge is 0.378 e. The first-order chi connectivity index (χ1) is 17.7. The molecule has 2 saturated carbocycles. The number of nitrogens with one attached hydrogen (secondary N) is 3. The van der Waals surface area contributed by atoms with E-state index < -0.39 is 6.43 Å². The van der Waals surface area contributed by atoms with Gasteiger partial charge in [-0.05, 0) is 79.9 Å². The predicted molar refractivity (Wildman–Crippen MR) is 150 cm³/mol. The molecular formula is C28H39F2N5OS. The number of hydrogen-bond acceptors (Lipinski definition) is 5. The van der Waals surface area contributed by atoms with E-state index in [0.717, 1.165) is 29.7 Å². The number of carbonyl (C=O) groups excluding carboxylic acids is 1. The third-order valence-corrected chi connectivity index (χ3v) is 7.77. The number of aliphatic imine (C=N–C) groups is 1. The highest BCUT2D eigenvalue weighted by Crippen LogP contribution is 2.43. The van der Waals surface area contributed by atoms with Gasteiger partial charge in [-0.1, -0.05) is 26.5 Å². The van der Waals surface area contributed by atoms with Crippen LogP contribution >= 0.6 is 11.8 Å². The van der Waals surface area contributed by atoms with Crippen molar-refractivity contribution in [1.29, 1.82) is 0 Å². The summed E-state index contributed by atoms with van der Waals surface area (Å²) in [5.41, 5.74) is 3.34. The Morgan fingerprint density at radius 1 is 1.30 bits per heavy atom. The van der Waals surface area contributed by atoms with Crippen LogP contribution < -0.4 is 10.6 Å². The molecule has 4 rings (SSSR count). The topological polar surface area (TPSA) is 82.2 Å². The van der Waals surface area contributed by atoms with Gasteiger partial charge in [-0.3, -0.25) is 4.99 Å². The number of imidazole rings is 1. The van der Waals surface area contributed by atoms with Crippen LogP contribution in [0.5, 0.6) is 0 Å². The summed E-state index contributed by atoms with van der Waals surface area (Å²) < 4.78 is 26.4. The summed E-state index contributed by atoms with van der Waals surface area (Å²) in [6.45, 7) is 8.70. The summed E-state index contributed by atoms with van der Waals surface area (Å²) in [4.78, 5) is 21.5. The van der Waals surface area contributed by atoms with E-state index in [1.807, 2.05) is 0 Å². The molecule has 1 aromatic heterocycles. The second-order valence-corrected chi connectivity index (χ2v) is 11.3. The molecule has 2 aliphatic carbocycles. The predicted octanol–water partition coefficient (Wildman–Crippen LogP) is 7.59. The van der Waals surface area contributed by atoms with E-state index in [0.29, 0.717) is 41.1 Å². The first-order valence-corrected chi connectivity index (χ1v) is 14.0. The van der Waals surface area contributed by atoms with Gasteiger partial charge in [0.2, 0.25) is 0 Å². The van der Waals surface area contributed by atoms with Crippen molar-refractivity contribution in [2.75, 3.05) is 23.9 Å². The van der Waals surface area contributed by atoms with Crippen LogP contribution in [0.3, 0.4) is 0 Å². The van der Waals surface area contributed by atoms with Gasteiger partial charge >= 0.3 is 0 Å². The number of anilines is 2. The van der Waals surface area contributed by atoms with Crippen molar-refractivity contribution in [3.8, 4) is 0 Å². The molecule has 0 spiro atoms. The normalized spacial score (nSPS) is 17.6. The number of thioether (sulfide) groups is 1. The number of carbonyl (C=O) groups is 1. The third kappa shape index (κ3) is 8.42. The molecule has 2 aliphatic rings. The Morgan fingerprint density at radius 2 is 2.00 bits per heavy atom. The van der Waals surface area contributed by atoms with Crippen molar-refractivity contribution < 1.29 is 13.6 Å². The summed E-state index contributed by atoms with van der Waals surface area (Å²) in [5, 5.41) is 6.34. The lowest BCUT2D eigenvalue weighted by Gasteiger charge is -2.34. The number of aromatic nitrogens is 2. The average Bonchev–Trinajstić information content (AvgIpc) is 3.65. The molecule has 0 saturated heterocycles. The van der Waals surface area contributed by atoms with Crippen molar-refractivity contribution in [1.82, 2.24) is 9.97 Å². The Bertz CT molecular complexity index is 1080. The minimum Gasteiger partial charge on any atom is -0.378 e. The molecule has 0 atom stereocenters. The number of alkyl halides is 2. The van der Waals surface area contributed by atoms with Crippen molar-refractivity contribution in [3.05, 3.63) is 47.9 Å². The first-order valence-electron chi connectivity index (χ1n) is 12.8. The highest BCUT2D eigenvalue weighted by atomic mass is 32.2. The Kier molecular flexibility index (Phi) is 10.3. The zero-order valence-corrected chi connectivity index (χ0v) is 23.1. The maximum absolute atomic E-state index is 13.2. The number of amidine groups is 1. The van der Waals surface area contributed by atoms with Gasteiger partial charge in [0.25, 0.3) is 6.43 Å². The fourth-order valence-corrected chi connectivity index (χ4v) is 4.95. The van der Waals surface area contributed by atoms with Crippen LogP contribution in [-0.2, 0) is 11.3 Å². The molecular weight excluding hydrogens is 492 g/mol. The first kappa shape index (κ1) is 28.9. The van der Waals surface area contributed by atoms with E-state index in [4.69, 9.17) is 0 Å². The molecule has 0 bridgehead atoms. The Balaban J connectivity index is 0.000000678. The van der Waals surface area contributed by atoms with Crippen LogP contribution in [0, 0.1) is 11.3 Å². The summed E-state index contributed by atoms with van der Waals surface area (Å²) in [7, 11) is 1.60. The number of rotatable bonds is 9. The van der Waals surface area contributed by atoms with Crippen LogP contribution in [0.25, 0.3) is 0 Å². The van der Waals surface area contributed by atoms with Crippen LogP contribution in [0.1, 0.15) is 81.8 Å². The van der Waals surface area contributed by atoms with Crippen molar-refractivity contribution in [2.45, 2.75) is 76.2 Å². The number of halogens is 2. The van der Waals surface area contributed by atoms with Crippen LogP contribution in [0.2, 0.25) is 0 Å². The van der Waals surface area contributed by atoms with Crippen molar-refractivity contribution in [2.24, 2.45) is 16.3 Å². The van der Waals surface area contributed by atoms with Gasteiger partial charge in [-0.2, -0.15) is 0 Å². The average molecular weight is 532 g/mol. The van der Waals surface area contributed by atoms with E-state index in [-0.39, 0.29) is 5.82 Å². The molecule has 1 aromatic carbocycles. The highest BCUT2D eigenvalue weighted by molar-refractivity contribution is 7.98. The smallest absolute Gasteiger partial charge is 0.295 e. The number of benzene rings is 1. The molecule has 0 aliphatic heterocycles. The Morgan fingerprint density at radius 3 is 2.51 bits per heavy atom. The van der Waals surface area contributed by atoms with E-state index in [9.17, 15) is 13.6 Å². The van der Waals surface area contributed by atoms with E-state index >= 15 is 0 Å². The lowest BCUT2D eigenvalue weighted by atomic mass is 9.71. The summed E-state index contributed by atoms with van der Waals surface area (Å²) in [5.74, 6) is 1.47. The summed E-state index contributed by atoms with van der Waals surface area (Å²) >= 11 is 1.68. The molecule has 0 amide bonds. The van der Waals surface area contributed by atoms with Gasteiger partial charge in [0.1, 0.15) is 12.1 Å². The van der Waals surface area contributed by atoms with Gasteiger partial charge < -0.3 is 20.4 Å². The minimum atomic E-state index is -2.68. The molecule has 2 aromatic rings. The molecule has 0 unspecified atom stereocenters. The molecule has 0 radical (unpaired) electrons. The second kappa shape index (κ2) is 13.2. The van der Waals surface area contributed by atoms with E-state index in [1.54, 1.807) is 18.8 Å². The minimum absolute atomic E-state index is 0.320. The maximum Gasteiger partial charge on any atom is 0.295 e. The number of aromatic amines is 1. The fourth-order valence-electron chi connectivity index (χ4n) is 4.34. The number of H-pyrrole nitrogens is 1. The van der Waals surface area contributed by atoms with Crippen LogP contribution in [-0.4, -0.2) is 35.4 Å². The molecule has 202 valence electrons. The summed E-state index contributed by atoms with van der Waals surface area (Å²) in [6.07, 6.45) is 9.15. The second-order valence-electron chi connectivity index (χ2n) is 10.4. The Hall–Kier alpha value is -2.68. The maximum atomic E-state index is 13.2. The zero-order chi connectivity index (χ0) is 27.0. The number of nitrogens with zero attached hydrogens (tertiary/aromatic N) is 2. The standard InChI is InChI=1S/C24H33F2N5S.C4H6O/c1-6-20(27-4)30-22-18(29-23(31-22)21(25)26)14-28-17-8-7-16(13-19(17)32-5)15-9-11-24(2,3)12-10-15;5-3-4-1-2-4/h6-8,13,15,21,28H,1,9-12,14H2,2-5H3,(H,27,30)(H,29,31);3-4H,1-2H2. The highest BCUT2D eigenvalue weighted by Gasteiger charge is 2.28. The lowest BCUT2D eigenvalue weighted by molar-refractivity contribution is -0.108. The van der Waals surface area contributed by atoms with Gasteiger partial charge in [-0.15, -0.1) is 11.8 Å². The van der Waals surface area contributed by atoms with Gasteiger partial charge in [0.15, 0.2) is 11.6 Å². The quantitative estimate of drug-likeness (QED) is 0.134. The monoisotopic (exact) mass is 531 g/mol. The molecule has 9 heteroatoms. The third-order valence-electron chi connectivity index (χ3n) is 6.99. The number of aldehydes is 1. The van der Waals surface area contributed by atoms with Crippen molar-refractivity contribution >= 4 is 35.4 Å².